The van der Waals surface area contributed by atoms with Gasteiger partial charge in [0, 0.05) is 5.56 Å². The van der Waals surface area contributed by atoms with Gasteiger partial charge in [-0.2, -0.15) is 0 Å². The van der Waals surface area contributed by atoms with E-state index in [2.05, 4.69) is 5.32 Å². The van der Waals surface area contributed by atoms with Crippen LogP contribution in [0.4, 0.5) is 0 Å². The predicted octanol–water partition coefficient (Wildman–Crippen LogP) is 0.0175. The third-order valence-electron chi connectivity index (χ3n) is 3.57. The highest BCUT2D eigenvalue weighted by molar-refractivity contribution is 6.04. The van der Waals surface area contributed by atoms with Crippen molar-refractivity contribution in [2.24, 2.45) is 0 Å². The average molecular weight is 292 g/mol. The van der Waals surface area contributed by atoms with Gasteiger partial charge in [-0.25, -0.2) is 0 Å². The molecule has 0 aliphatic carbocycles. The number of phenols is 2. The lowest BCUT2D eigenvalue weighted by Crippen LogP contribution is -2.64. The molecule has 1 aliphatic heterocycles. The zero-order chi connectivity index (χ0) is 15.8. The predicted molar refractivity (Wildman–Crippen MR) is 72.9 cm³/mol. The van der Waals surface area contributed by atoms with Crippen LogP contribution in [0.5, 0.6) is 11.5 Å². The molecule has 112 valence electrons. The van der Waals surface area contributed by atoms with Crippen molar-refractivity contribution < 1.29 is 24.6 Å². The molecule has 7 heteroatoms. The SMILES string of the molecule is CC1(C)C(=O)NC(=O)CN1CC(=O)c1ccc(O)c(O)c1. The van der Waals surface area contributed by atoms with Gasteiger partial charge in [0.15, 0.2) is 17.3 Å². The summed E-state index contributed by atoms with van der Waals surface area (Å²) in [6.07, 6.45) is 0. The van der Waals surface area contributed by atoms with Crippen LogP contribution in [-0.4, -0.2) is 51.3 Å². The molecule has 1 aliphatic rings. The number of aromatic hydroxyl groups is 2. The molecule has 7 nitrogen and oxygen atoms in total. The molecule has 1 aromatic carbocycles. The minimum atomic E-state index is -0.984. The van der Waals surface area contributed by atoms with Gasteiger partial charge in [0.1, 0.15) is 0 Å². The number of Topliss-reactive ketones (excluding diaryl/α,β-unsaturated/α-hetero) is 1. The summed E-state index contributed by atoms with van der Waals surface area (Å²) in [6, 6.07) is 3.73. The zero-order valence-corrected chi connectivity index (χ0v) is 11.7. The van der Waals surface area contributed by atoms with Gasteiger partial charge in [-0.05, 0) is 32.0 Å². The van der Waals surface area contributed by atoms with Crippen molar-refractivity contribution in [2.45, 2.75) is 19.4 Å². The van der Waals surface area contributed by atoms with Crippen LogP contribution in [0.1, 0.15) is 24.2 Å². The van der Waals surface area contributed by atoms with Crippen LogP contribution in [0.2, 0.25) is 0 Å². The van der Waals surface area contributed by atoms with E-state index in [-0.39, 0.29) is 30.2 Å². The van der Waals surface area contributed by atoms with Gasteiger partial charge in [0.2, 0.25) is 11.8 Å². The van der Waals surface area contributed by atoms with Gasteiger partial charge in [-0.15, -0.1) is 0 Å². The number of carbonyl (C=O) groups excluding carboxylic acids is 3. The Hall–Kier alpha value is -2.41. The summed E-state index contributed by atoms with van der Waals surface area (Å²) in [7, 11) is 0. The molecule has 1 aromatic rings. The molecule has 21 heavy (non-hydrogen) atoms. The highest BCUT2D eigenvalue weighted by Crippen LogP contribution is 2.26. The Labute approximate surface area is 121 Å². The molecule has 0 saturated carbocycles. The lowest BCUT2D eigenvalue weighted by molar-refractivity contribution is -0.144. The fourth-order valence-electron chi connectivity index (χ4n) is 2.05. The minimum Gasteiger partial charge on any atom is -0.504 e. The van der Waals surface area contributed by atoms with Crippen molar-refractivity contribution >= 4 is 17.6 Å². The number of imide groups is 1. The average Bonchev–Trinajstić information content (AvgIpc) is 2.39. The van der Waals surface area contributed by atoms with Crippen molar-refractivity contribution in [1.29, 1.82) is 0 Å². The number of amides is 2. The summed E-state index contributed by atoms with van der Waals surface area (Å²) < 4.78 is 0. The van der Waals surface area contributed by atoms with E-state index in [9.17, 15) is 24.6 Å². The van der Waals surface area contributed by atoms with Crippen LogP contribution in [0.3, 0.4) is 0 Å². The number of rotatable bonds is 3. The Kier molecular flexibility index (Phi) is 3.69. The van der Waals surface area contributed by atoms with Crippen LogP contribution in [0, 0.1) is 0 Å². The maximum absolute atomic E-state index is 12.2. The summed E-state index contributed by atoms with van der Waals surface area (Å²) in [4.78, 5) is 36.9. The van der Waals surface area contributed by atoms with Gasteiger partial charge in [0.05, 0.1) is 18.6 Å². The number of hydrogen-bond donors (Lipinski definition) is 3. The van der Waals surface area contributed by atoms with E-state index in [0.717, 1.165) is 6.07 Å². The first-order valence-electron chi connectivity index (χ1n) is 6.36. The van der Waals surface area contributed by atoms with E-state index >= 15 is 0 Å². The van der Waals surface area contributed by atoms with Crippen molar-refractivity contribution in [3.05, 3.63) is 23.8 Å². The Morgan fingerprint density at radius 1 is 1.29 bits per heavy atom. The second-order valence-corrected chi connectivity index (χ2v) is 5.42. The van der Waals surface area contributed by atoms with Crippen molar-refractivity contribution in [3.63, 3.8) is 0 Å². The number of hydrogen-bond acceptors (Lipinski definition) is 6. The highest BCUT2D eigenvalue weighted by Gasteiger charge is 2.41. The first-order chi connectivity index (χ1) is 9.71. The second-order valence-electron chi connectivity index (χ2n) is 5.42. The van der Waals surface area contributed by atoms with E-state index in [1.807, 2.05) is 0 Å². The van der Waals surface area contributed by atoms with E-state index in [1.54, 1.807) is 13.8 Å². The number of ketones is 1. The van der Waals surface area contributed by atoms with E-state index < -0.39 is 23.1 Å². The van der Waals surface area contributed by atoms with Gasteiger partial charge in [0.25, 0.3) is 0 Å². The van der Waals surface area contributed by atoms with Crippen LogP contribution in [-0.2, 0) is 9.59 Å². The van der Waals surface area contributed by atoms with Gasteiger partial charge in [-0.3, -0.25) is 24.6 Å². The van der Waals surface area contributed by atoms with E-state index in [4.69, 9.17) is 0 Å². The topological polar surface area (TPSA) is 107 Å². The molecular formula is C14H16N2O5. The fraction of sp³-hybridized carbons (Fsp3) is 0.357. The lowest BCUT2D eigenvalue weighted by Gasteiger charge is -2.39. The third kappa shape index (κ3) is 2.87. The Balaban J connectivity index is 2.19. The van der Waals surface area contributed by atoms with Gasteiger partial charge in [-0.1, -0.05) is 0 Å². The Bertz CT molecular complexity index is 624. The molecule has 2 amide bonds. The Morgan fingerprint density at radius 2 is 1.95 bits per heavy atom. The molecule has 0 radical (unpaired) electrons. The smallest absolute Gasteiger partial charge is 0.246 e. The van der Waals surface area contributed by atoms with Crippen molar-refractivity contribution in [3.8, 4) is 11.5 Å². The maximum atomic E-state index is 12.2. The standard InChI is InChI=1S/C14H16N2O5/c1-14(2)13(21)15-12(20)7-16(14)6-11(19)8-3-4-9(17)10(18)5-8/h3-5,17-18H,6-7H2,1-2H3,(H,15,20,21). The molecular weight excluding hydrogens is 276 g/mol. The molecule has 0 aromatic heterocycles. The molecule has 0 spiro atoms. The second kappa shape index (κ2) is 5.17. The van der Waals surface area contributed by atoms with Crippen LogP contribution < -0.4 is 5.32 Å². The molecule has 0 atom stereocenters. The van der Waals surface area contributed by atoms with Crippen molar-refractivity contribution in [2.75, 3.05) is 13.1 Å². The van der Waals surface area contributed by atoms with Crippen molar-refractivity contribution in [1.82, 2.24) is 10.2 Å². The first-order valence-corrected chi connectivity index (χ1v) is 6.36. The summed E-state index contributed by atoms with van der Waals surface area (Å²) >= 11 is 0. The summed E-state index contributed by atoms with van der Waals surface area (Å²) in [6.45, 7) is 3.04. The molecule has 3 N–H and O–H groups in total. The number of phenolic OH excluding ortho intramolecular Hbond substituents is 2. The quantitative estimate of drug-likeness (QED) is 0.412. The van der Waals surface area contributed by atoms with Crippen LogP contribution >= 0.6 is 0 Å². The van der Waals surface area contributed by atoms with E-state index in [1.165, 1.54) is 17.0 Å². The number of nitrogens with one attached hydrogen (secondary N) is 1. The summed E-state index contributed by atoms with van der Waals surface area (Å²) in [5, 5.41) is 20.9. The molecule has 2 rings (SSSR count). The highest BCUT2D eigenvalue weighted by atomic mass is 16.3. The molecule has 1 saturated heterocycles. The third-order valence-corrected chi connectivity index (χ3v) is 3.57. The molecule has 1 heterocycles. The normalized spacial score (nSPS) is 18.4. The molecule has 1 fully saturated rings. The Morgan fingerprint density at radius 3 is 2.57 bits per heavy atom. The first kappa shape index (κ1) is 15.0. The summed E-state index contributed by atoms with van der Waals surface area (Å²) in [5.41, 5.74) is -0.790. The number of piperazine rings is 1. The zero-order valence-electron chi connectivity index (χ0n) is 11.7. The number of nitrogens with zero attached hydrogens (tertiary/aromatic N) is 1. The van der Waals surface area contributed by atoms with Crippen LogP contribution in [0.25, 0.3) is 0 Å². The minimum absolute atomic E-state index is 0.0610. The maximum Gasteiger partial charge on any atom is 0.246 e. The lowest BCUT2D eigenvalue weighted by atomic mass is 9.97. The molecule has 0 bridgehead atoms. The van der Waals surface area contributed by atoms with Crippen LogP contribution in [0.15, 0.2) is 18.2 Å². The van der Waals surface area contributed by atoms with E-state index in [0.29, 0.717) is 0 Å². The summed E-state index contributed by atoms with van der Waals surface area (Å²) in [5.74, 6) is -1.99. The monoisotopic (exact) mass is 292 g/mol. The number of benzene rings is 1. The van der Waals surface area contributed by atoms with Gasteiger partial charge < -0.3 is 10.2 Å². The fourth-order valence-corrected chi connectivity index (χ4v) is 2.05. The van der Waals surface area contributed by atoms with Gasteiger partial charge >= 0.3 is 0 Å². The largest absolute Gasteiger partial charge is 0.504 e. The molecule has 0 unspecified atom stereocenters. The number of carbonyl (C=O) groups is 3.